The van der Waals surface area contributed by atoms with Crippen molar-refractivity contribution in [1.82, 2.24) is 0 Å². The van der Waals surface area contributed by atoms with Gasteiger partial charge in [-0.1, -0.05) is 60.7 Å². The molecule has 3 aromatic rings. The molecule has 0 bridgehead atoms. The first kappa shape index (κ1) is 20.5. The van der Waals surface area contributed by atoms with Crippen LogP contribution in [0.25, 0.3) is 0 Å². The molecule has 31 heavy (non-hydrogen) atoms. The van der Waals surface area contributed by atoms with Crippen LogP contribution in [0.5, 0.6) is 11.5 Å². The molecule has 1 heterocycles. The van der Waals surface area contributed by atoms with Gasteiger partial charge in [-0.15, -0.1) is 0 Å². The van der Waals surface area contributed by atoms with Crippen molar-refractivity contribution in [3.63, 3.8) is 0 Å². The summed E-state index contributed by atoms with van der Waals surface area (Å²) < 4.78 is 16.8. The highest BCUT2D eigenvalue weighted by Crippen LogP contribution is 2.33. The molecule has 0 saturated heterocycles. The maximum absolute atomic E-state index is 13.0. The van der Waals surface area contributed by atoms with Crippen molar-refractivity contribution >= 4 is 17.6 Å². The Morgan fingerprint density at radius 3 is 2.10 bits per heavy atom. The van der Waals surface area contributed by atoms with Gasteiger partial charge in [0, 0.05) is 5.69 Å². The Morgan fingerprint density at radius 2 is 1.42 bits per heavy atom. The molecule has 1 aliphatic heterocycles. The first-order chi connectivity index (χ1) is 15.1. The van der Waals surface area contributed by atoms with Crippen molar-refractivity contribution in [3.05, 3.63) is 90.5 Å². The second-order valence-electron chi connectivity index (χ2n) is 7.22. The molecule has 4 rings (SSSR count). The molecule has 0 saturated carbocycles. The lowest BCUT2D eigenvalue weighted by atomic mass is 10.2. The predicted molar refractivity (Wildman–Crippen MR) is 116 cm³/mol. The molecule has 2 atom stereocenters. The van der Waals surface area contributed by atoms with E-state index in [1.807, 2.05) is 66.7 Å². The highest BCUT2D eigenvalue weighted by atomic mass is 16.6. The van der Waals surface area contributed by atoms with Crippen LogP contribution in [0.2, 0.25) is 0 Å². The quantitative estimate of drug-likeness (QED) is 0.568. The van der Waals surface area contributed by atoms with Gasteiger partial charge in [0.05, 0.1) is 6.54 Å². The zero-order chi connectivity index (χ0) is 21.6. The predicted octanol–water partition coefficient (Wildman–Crippen LogP) is 3.99. The standard InChI is InChI=1S/C25H23NO5/c1-18-24(31-22-15-9-8-14-21(22)30-18)25(28)29-17-23(27)26(20-12-6-3-7-13-20)16-19-10-4-2-5-11-19/h2-15,18,24H,16-17H2,1H3. The number of para-hydroxylation sites is 3. The van der Waals surface area contributed by atoms with Gasteiger partial charge in [0.2, 0.25) is 6.10 Å². The average Bonchev–Trinajstić information content (AvgIpc) is 2.81. The zero-order valence-electron chi connectivity index (χ0n) is 17.1. The van der Waals surface area contributed by atoms with Gasteiger partial charge in [0.15, 0.2) is 18.1 Å². The van der Waals surface area contributed by atoms with Crippen LogP contribution in [0, 0.1) is 0 Å². The van der Waals surface area contributed by atoms with Crippen LogP contribution in [0.15, 0.2) is 84.9 Å². The van der Waals surface area contributed by atoms with Crippen LogP contribution in [-0.4, -0.2) is 30.7 Å². The number of ether oxygens (including phenoxy) is 3. The van der Waals surface area contributed by atoms with Crippen LogP contribution in [0.1, 0.15) is 12.5 Å². The van der Waals surface area contributed by atoms with Gasteiger partial charge >= 0.3 is 5.97 Å². The van der Waals surface area contributed by atoms with Crippen molar-refractivity contribution in [3.8, 4) is 11.5 Å². The molecule has 3 aromatic carbocycles. The number of carbonyl (C=O) groups excluding carboxylic acids is 2. The summed E-state index contributed by atoms with van der Waals surface area (Å²) in [6.07, 6.45) is -1.48. The number of esters is 1. The van der Waals surface area contributed by atoms with Gasteiger partial charge in [0.1, 0.15) is 6.10 Å². The van der Waals surface area contributed by atoms with E-state index in [0.717, 1.165) is 11.3 Å². The summed E-state index contributed by atoms with van der Waals surface area (Å²) in [7, 11) is 0. The summed E-state index contributed by atoms with van der Waals surface area (Å²) in [6.45, 7) is 1.71. The Bertz CT molecular complexity index is 1040. The maximum Gasteiger partial charge on any atom is 0.351 e. The minimum Gasteiger partial charge on any atom is -0.482 e. The van der Waals surface area contributed by atoms with Crippen molar-refractivity contribution in [2.45, 2.75) is 25.7 Å². The van der Waals surface area contributed by atoms with E-state index in [1.165, 1.54) is 0 Å². The van der Waals surface area contributed by atoms with E-state index in [1.54, 1.807) is 30.0 Å². The summed E-state index contributed by atoms with van der Waals surface area (Å²) in [4.78, 5) is 27.2. The van der Waals surface area contributed by atoms with Crippen molar-refractivity contribution in [2.75, 3.05) is 11.5 Å². The Morgan fingerprint density at radius 1 is 0.839 bits per heavy atom. The van der Waals surface area contributed by atoms with E-state index in [9.17, 15) is 9.59 Å². The average molecular weight is 417 g/mol. The summed E-state index contributed by atoms with van der Waals surface area (Å²) in [5.41, 5.74) is 1.70. The van der Waals surface area contributed by atoms with Crippen LogP contribution in [0.4, 0.5) is 5.69 Å². The molecule has 2 unspecified atom stereocenters. The fourth-order valence-corrected chi connectivity index (χ4v) is 3.37. The third-order valence-electron chi connectivity index (χ3n) is 4.96. The zero-order valence-corrected chi connectivity index (χ0v) is 17.1. The highest BCUT2D eigenvalue weighted by molar-refractivity contribution is 5.95. The number of rotatable bonds is 6. The molecule has 0 fully saturated rings. The molecule has 158 valence electrons. The molecular weight excluding hydrogens is 394 g/mol. The number of fused-ring (bicyclic) bond motifs is 1. The highest BCUT2D eigenvalue weighted by Gasteiger charge is 2.36. The van der Waals surface area contributed by atoms with Crippen LogP contribution < -0.4 is 14.4 Å². The Balaban J connectivity index is 1.43. The molecule has 0 radical (unpaired) electrons. The fraction of sp³-hybridized carbons (Fsp3) is 0.200. The summed E-state index contributed by atoms with van der Waals surface area (Å²) >= 11 is 0. The second kappa shape index (κ2) is 9.34. The normalized spacial score (nSPS) is 16.9. The van der Waals surface area contributed by atoms with E-state index >= 15 is 0 Å². The molecule has 1 amide bonds. The number of anilines is 1. The number of nitrogens with zero attached hydrogens (tertiary/aromatic N) is 1. The summed E-state index contributed by atoms with van der Waals surface area (Å²) in [5, 5.41) is 0. The lowest BCUT2D eigenvalue weighted by molar-refractivity contribution is -0.160. The Hall–Kier alpha value is -3.80. The minimum atomic E-state index is -0.943. The van der Waals surface area contributed by atoms with Gasteiger partial charge in [-0.3, -0.25) is 4.79 Å². The summed E-state index contributed by atoms with van der Waals surface area (Å²) in [6, 6.07) is 26.1. The minimum absolute atomic E-state index is 0.326. The number of hydrogen-bond acceptors (Lipinski definition) is 5. The van der Waals surface area contributed by atoms with Gasteiger partial charge in [-0.2, -0.15) is 0 Å². The topological polar surface area (TPSA) is 65.1 Å². The van der Waals surface area contributed by atoms with Crippen molar-refractivity contribution in [2.24, 2.45) is 0 Å². The molecule has 0 spiro atoms. The van der Waals surface area contributed by atoms with E-state index < -0.39 is 24.8 Å². The van der Waals surface area contributed by atoms with Crippen LogP contribution >= 0.6 is 0 Å². The SMILES string of the molecule is CC1Oc2ccccc2OC1C(=O)OCC(=O)N(Cc1ccccc1)c1ccccc1. The number of hydrogen-bond donors (Lipinski definition) is 0. The van der Waals surface area contributed by atoms with Gasteiger partial charge in [-0.05, 0) is 36.8 Å². The monoisotopic (exact) mass is 417 g/mol. The third kappa shape index (κ3) is 4.86. The van der Waals surface area contributed by atoms with E-state index in [4.69, 9.17) is 14.2 Å². The van der Waals surface area contributed by atoms with Crippen LogP contribution in [-0.2, 0) is 20.9 Å². The maximum atomic E-state index is 13.0. The molecule has 0 aliphatic carbocycles. The van der Waals surface area contributed by atoms with Gasteiger partial charge < -0.3 is 19.1 Å². The number of amides is 1. The fourth-order valence-electron chi connectivity index (χ4n) is 3.37. The molecule has 0 N–H and O–H groups in total. The third-order valence-corrected chi connectivity index (χ3v) is 4.96. The Labute approximate surface area is 181 Å². The van der Waals surface area contributed by atoms with Gasteiger partial charge in [-0.25, -0.2) is 4.79 Å². The van der Waals surface area contributed by atoms with E-state index in [0.29, 0.717) is 18.0 Å². The molecule has 6 heteroatoms. The molecule has 6 nitrogen and oxygen atoms in total. The lowest BCUT2D eigenvalue weighted by Crippen LogP contribution is -2.45. The van der Waals surface area contributed by atoms with E-state index in [-0.39, 0.29) is 5.91 Å². The Kier molecular flexibility index (Phi) is 6.17. The van der Waals surface area contributed by atoms with Crippen molar-refractivity contribution < 1.29 is 23.8 Å². The molecular formula is C25H23NO5. The van der Waals surface area contributed by atoms with Crippen LogP contribution in [0.3, 0.4) is 0 Å². The first-order valence-corrected chi connectivity index (χ1v) is 10.1. The smallest absolute Gasteiger partial charge is 0.351 e. The molecule has 1 aliphatic rings. The lowest BCUT2D eigenvalue weighted by Gasteiger charge is -2.30. The second-order valence-corrected chi connectivity index (χ2v) is 7.22. The van der Waals surface area contributed by atoms with E-state index in [2.05, 4.69) is 0 Å². The number of benzene rings is 3. The first-order valence-electron chi connectivity index (χ1n) is 10.1. The largest absolute Gasteiger partial charge is 0.482 e. The number of carbonyl (C=O) groups is 2. The molecule has 0 aromatic heterocycles. The van der Waals surface area contributed by atoms with Crippen molar-refractivity contribution in [1.29, 1.82) is 0 Å². The summed E-state index contributed by atoms with van der Waals surface area (Å²) in [5.74, 6) is 0.0911. The van der Waals surface area contributed by atoms with Gasteiger partial charge in [0.25, 0.3) is 5.91 Å².